The molecule has 0 atom stereocenters. The highest BCUT2D eigenvalue weighted by molar-refractivity contribution is 7.79. The van der Waals surface area contributed by atoms with Gasteiger partial charge in [-0.25, -0.2) is 0 Å². The molecule has 0 saturated heterocycles. The Morgan fingerprint density at radius 2 is 1.62 bits per heavy atom. The first kappa shape index (κ1) is 8.45. The summed E-state index contributed by atoms with van der Waals surface area (Å²) >= 11 is 4.21. The van der Waals surface area contributed by atoms with Gasteiger partial charge in [0.2, 0.25) is 0 Å². The second-order valence-corrected chi connectivity index (χ2v) is 3.23. The smallest absolute Gasteiger partial charge is 0.0449 e. The number of nitrogens with zero attached hydrogens (tertiary/aromatic N) is 1. The summed E-state index contributed by atoms with van der Waals surface area (Å²) in [6.07, 6.45) is 4.07. The Kier molecular flexibility index (Phi) is 2.41. The molecular weight excluding hydrogens is 178 g/mol. The van der Waals surface area contributed by atoms with Crippen LogP contribution in [0.5, 0.6) is 0 Å². The van der Waals surface area contributed by atoms with Gasteiger partial charge in [0.15, 0.2) is 0 Å². The largest absolute Gasteiger partial charge is 0.324 e. The van der Waals surface area contributed by atoms with E-state index in [9.17, 15) is 0 Å². The number of aromatic nitrogens is 1. The lowest BCUT2D eigenvalue weighted by atomic mass is 10.2. The molecule has 0 bridgehead atoms. The van der Waals surface area contributed by atoms with Gasteiger partial charge in [-0.05, 0) is 29.8 Å². The van der Waals surface area contributed by atoms with Crippen LogP contribution in [-0.2, 0) is 5.75 Å². The molecule has 0 fully saturated rings. The van der Waals surface area contributed by atoms with Crippen LogP contribution in [0.1, 0.15) is 5.56 Å². The average Bonchev–Trinajstić information content (AvgIpc) is 2.71. The minimum atomic E-state index is 0.798. The molecule has 0 aliphatic carbocycles. The fourth-order valence-electron chi connectivity index (χ4n) is 1.28. The highest BCUT2D eigenvalue weighted by Gasteiger charge is 1.93. The summed E-state index contributed by atoms with van der Waals surface area (Å²) in [6.45, 7) is 0. The van der Waals surface area contributed by atoms with Crippen LogP contribution in [0.2, 0.25) is 0 Å². The van der Waals surface area contributed by atoms with E-state index in [-0.39, 0.29) is 0 Å². The van der Waals surface area contributed by atoms with E-state index in [0.717, 1.165) is 5.75 Å². The van der Waals surface area contributed by atoms with Gasteiger partial charge in [0.05, 0.1) is 0 Å². The van der Waals surface area contributed by atoms with E-state index in [1.165, 1.54) is 11.3 Å². The average molecular weight is 189 g/mol. The first-order valence-electron chi connectivity index (χ1n) is 4.23. The fourth-order valence-corrected chi connectivity index (χ4v) is 1.49. The third-order valence-electron chi connectivity index (χ3n) is 2.02. The molecule has 1 aromatic heterocycles. The van der Waals surface area contributed by atoms with Crippen LogP contribution in [0.3, 0.4) is 0 Å². The lowest BCUT2D eigenvalue weighted by Gasteiger charge is -2.02. The molecule has 2 heteroatoms. The van der Waals surface area contributed by atoms with Crippen molar-refractivity contribution in [1.29, 1.82) is 0 Å². The zero-order chi connectivity index (χ0) is 9.10. The van der Waals surface area contributed by atoms with Crippen LogP contribution in [0.4, 0.5) is 0 Å². The molecule has 1 nitrogen and oxygen atoms in total. The minimum absolute atomic E-state index is 0.798. The summed E-state index contributed by atoms with van der Waals surface area (Å²) in [7, 11) is 0. The van der Waals surface area contributed by atoms with Gasteiger partial charge < -0.3 is 4.57 Å². The fraction of sp³-hybridized carbons (Fsp3) is 0.0909. The van der Waals surface area contributed by atoms with Gasteiger partial charge in [-0.1, -0.05) is 12.1 Å². The van der Waals surface area contributed by atoms with Crippen molar-refractivity contribution in [2.24, 2.45) is 0 Å². The Hall–Kier alpha value is -1.15. The number of thiol groups is 1. The third kappa shape index (κ3) is 1.78. The summed E-state index contributed by atoms with van der Waals surface area (Å²) < 4.78 is 2.09. The second kappa shape index (κ2) is 3.71. The van der Waals surface area contributed by atoms with Gasteiger partial charge in [0, 0.05) is 23.8 Å². The number of rotatable bonds is 2. The van der Waals surface area contributed by atoms with Crippen molar-refractivity contribution in [3.63, 3.8) is 0 Å². The predicted octanol–water partition coefficient (Wildman–Crippen LogP) is 2.91. The molecule has 2 aromatic rings. The monoisotopic (exact) mass is 189 g/mol. The van der Waals surface area contributed by atoms with E-state index in [1.807, 2.05) is 24.5 Å². The molecule has 0 N–H and O–H groups in total. The maximum atomic E-state index is 4.21. The van der Waals surface area contributed by atoms with Crippen LogP contribution in [0.25, 0.3) is 5.69 Å². The predicted molar refractivity (Wildman–Crippen MR) is 58.5 cm³/mol. The molecule has 0 unspecified atom stereocenters. The number of hydrogen-bond acceptors (Lipinski definition) is 1. The van der Waals surface area contributed by atoms with Crippen molar-refractivity contribution in [2.75, 3.05) is 0 Å². The minimum Gasteiger partial charge on any atom is -0.324 e. The molecule has 13 heavy (non-hydrogen) atoms. The molecule has 0 saturated carbocycles. The standard InChI is InChI=1S/C11H11NS/c13-9-10-3-5-11(6-4-10)12-7-1-2-8-12/h1-8,13H,9H2. The van der Waals surface area contributed by atoms with Crippen LogP contribution in [0, 0.1) is 0 Å². The Bertz CT molecular complexity index is 361. The van der Waals surface area contributed by atoms with Gasteiger partial charge in [0.1, 0.15) is 0 Å². The molecule has 0 spiro atoms. The van der Waals surface area contributed by atoms with E-state index >= 15 is 0 Å². The summed E-state index contributed by atoms with van der Waals surface area (Å²) in [4.78, 5) is 0. The maximum absolute atomic E-state index is 4.21. The van der Waals surface area contributed by atoms with Crippen molar-refractivity contribution in [3.05, 3.63) is 54.4 Å². The summed E-state index contributed by atoms with van der Waals surface area (Å²) in [6, 6.07) is 12.4. The third-order valence-corrected chi connectivity index (χ3v) is 2.39. The lowest BCUT2D eigenvalue weighted by molar-refractivity contribution is 1.08. The van der Waals surface area contributed by atoms with Crippen molar-refractivity contribution in [3.8, 4) is 5.69 Å². The molecule has 1 heterocycles. The molecule has 0 amide bonds. The first-order valence-corrected chi connectivity index (χ1v) is 4.86. The molecule has 66 valence electrons. The van der Waals surface area contributed by atoms with Gasteiger partial charge >= 0.3 is 0 Å². The van der Waals surface area contributed by atoms with Gasteiger partial charge in [0.25, 0.3) is 0 Å². The van der Waals surface area contributed by atoms with Crippen LogP contribution < -0.4 is 0 Å². The van der Waals surface area contributed by atoms with E-state index in [4.69, 9.17) is 0 Å². The maximum Gasteiger partial charge on any atom is 0.0449 e. The molecule has 2 rings (SSSR count). The SMILES string of the molecule is SCc1ccc(-n2cccc2)cc1. The number of benzene rings is 1. The van der Waals surface area contributed by atoms with E-state index in [2.05, 4.69) is 41.5 Å². The van der Waals surface area contributed by atoms with Crippen molar-refractivity contribution < 1.29 is 0 Å². The van der Waals surface area contributed by atoms with Gasteiger partial charge in [-0.2, -0.15) is 12.6 Å². The Morgan fingerprint density at radius 1 is 1.00 bits per heavy atom. The number of hydrogen-bond donors (Lipinski definition) is 1. The van der Waals surface area contributed by atoms with Crippen LogP contribution >= 0.6 is 12.6 Å². The first-order chi connectivity index (χ1) is 6.40. The molecular formula is C11H11NS. The van der Waals surface area contributed by atoms with E-state index in [0.29, 0.717) is 0 Å². The topological polar surface area (TPSA) is 4.93 Å². The summed E-state index contributed by atoms with van der Waals surface area (Å²) in [5.41, 5.74) is 2.44. The molecule has 0 aliphatic heterocycles. The van der Waals surface area contributed by atoms with Gasteiger partial charge in [-0.3, -0.25) is 0 Å². The Balaban J connectivity index is 2.33. The van der Waals surface area contributed by atoms with Crippen molar-refractivity contribution in [2.45, 2.75) is 5.75 Å². The quantitative estimate of drug-likeness (QED) is 0.693. The Morgan fingerprint density at radius 3 is 2.15 bits per heavy atom. The van der Waals surface area contributed by atoms with E-state index in [1.54, 1.807) is 0 Å². The second-order valence-electron chi connectivity index (χ2n) is 2.91. The normalized spacial score (nSPS) is 10.2. The van der Waals surface area contributed by atoms with Crippen molar-refractivity contribution in [1.82, 2.24) is 4.57 Å². The summed E-state index contributed by atoms with van der Waals surface area (Å²) in [5, 5.41) is 0. The Labute approximate surface area is 83.4 Å². The molecule has 0 radical (unpaired) electrons. The summed E-state index contributed by atoms with van der Waals surface area (Å²) in [5.74, 6) is 0.798. The van der Waals surface area contributed by atoms with E-state index < -0.39 is 0 Å². The van der Waals surface area contributed by atoms with Crippen LogP contribution in [0.15, 0.2) is 48.8 Å². The zero-order valence-corrected chi connectivity index (χ0v) is 8.11. The highest BCUT2D eigenvalue weighted by atomic mass is 32.1. The zero-order valence-electron chi connectivity index (χ0n) is 7.22. The molecule has 0 aliphatic rings. The molecule has 1 aromatic carbocycles. The lowest BCUT2D eigenvalue weighted by Crippen LogP contribution is -1.89. The van der Waals surface area contributed by atoms with Gasteiger partial charge in [-0.15, -0.1) is 0 Å². The van der Waals surface area contributed by atoms with Crippen molar-refractivity contribution >= 4 is 12.6 Å². The van der Waals surface area contributed by atoms with Crippen LogP contribution in [-0.4, -0.2) is 4.57 Å². The highest BCUT2D eigenvalue weighted by Crippen LogP contribution is 2.10.